The summed E-state index contributed by atoms with van der Waals surface area (Å²) in [7, 11) is 0. The Hall–Kier alpha value is -2.31. The molecule has 0 unspecified atom stereocenters. The first-order valence-corrected chi connectivity index (χ1v) is 9.51. The van der Waals surface area contributed by atoms with Gasteiger partial charge in [0.2, 0.25) is 5.91 Å². The molecule has 3 rings (SSSR count). The zero-order chi connectivity index (χ0) is 18.5. The molecule has 1 heterocycles. The number of amides is 1. The third-order valence-electron chi connectivity index (χ3n) is 3.86. The Bertz CT molecular complexity index is 908. The van der Waals surface area contributed by atoms with Gasteiger partial charge in [-0.3, -0.25) is 9.36 Å². The lowest BCUT2D eigenvalue weighted by Crippen LogP contribution is -2.24. The van der Waals surface area contributed by atoms with Crippen molar-refractivity contribution in [2.45, 2.75) is 25.5 Å². The molecule has 0 saturated carbocycles. The van der Waals surface area contributed by atoms with E-state index >= 15 is 0 Å². The monoisotopic (exact) mass is 386 g/mol. The van der Waals surface area contributed by atoms with E-state index < -0.39 is 0 Å². The van der Waals surface area contributed by atoms with Crippen LogP contribution in [0.3, 0.4) is 0 Å². The van der Waals surface area contributed by atoms with Crippen LogP contribution in [-0.2, 0) is 11.3 Å². The van der Waals surface area contributed by atoms with E-state index in [0.717, 1.165) is 16.8 Å². The van der Waals surface area contributed by atoms with Crippen molar-refractivity contribution in [3.05, 3.63) is 70.5 Å². The molecule has 5 nitrogen and oxygen atoms in total. The van der Waals surface area contributed by atoms with Crippen LogP contribution in [0.25, 0.3) is 5.69 Å². The molecule has 2 aromatic carbocycles. The number of rotatable bonds is 6. The molecule has 0 bridgehead atoms. The highest BCUT2D eigenvalue weighted by Gasteiger charge is 2.11. The van der Waals surface area contributed by atoms with Crippen LogP contribution in [0.2, 0.25) is 5.02 Å². The zero-order valence-electron chi connectivity index (χ0n) is 14.6. The summed E-state index contributed by atoms with van der Waals surface area (Å²) >= 11 is 7.22. The van der Waals surface area contributed by atoms with E-state index in [9.17, 15) is 4.79 Å². The number of hydrogen-bond donors (Lipinski definition) is 1. The van der Waals surface area contributed by atoms with Crippen molar-refractivity contribution in [1.29, 1.82) is 0 Å². The molecule has 0 saturated heterocycles. The Balaban J connectivity index is 1.59. The van der Waals surface area contributed by atoms with Crippen molar-refractivity contribution >= 4 is 29.3 Å². The van der Waals surface area contributed by atoms with Crippen LogP contribution in [0.15, 0.2) is 53.9 Å². The van der Waals surface area contributed by atoms with E-state index in [1.54, 1.807) is 6.33 Å². The Morgan fingerprint density at radius 3 is 2.69 bits per heavy atom. The van der Waals surface area contributed by atoms with E-state index in [1.165, 1.54) is 17.3 Å². The van der Waals surface area contributed by atoms with Gasteiger partial charge in [0.05, 0.1) is 11.4 Å². The van der Waals surface area contributed by atoms with E-state index in [0.29, 0.717) is 16.7 Å². The molecule has 0 aliphatic heterocycles. The van der Waals surface area contributed by atoms with Crippen molar-refractivity contribution in [1.82, 2.24) is 20.1 Å². The third-order valence-corrected chi connectivity index (χ3v) is 5.06. The standard InChI is InChI=1S/C19H19ClN4OS/c1-13-3-8-17(14(2)9-13)24-12-22-23-19(24)26-11-18(25)21-10-15-4-6-16(20)7-5-15/h3-9,12H,10-11H2,1-2H3,(H,21,25). The van der Waals surface area contributed by atoms with Gasteiger partial charge in [0, 0.05) is 11.6 Å². The second kappa shape index (κ2) is 8.38. The topological polar surface area (TPSA) is 59.8 Å². The number of carbonyl (C=O) groups is 1. The highest BCUT2D eigenvalue weighted by molar-refractivity contribution is 7.99. The van der Waals surface area contributed by atoms with Gasteiger partial charge in [0.1, 0.15) is 6.33 Å². The fourth-order valence-electron chi connectivity index (χ4n) is 2.55. The average molecular weight is 387 g/mol. The minimum absolute atomic E-state index is 0.0554. The number of carbonyl (C=O) groups excluding carboxylic acids is 1. The predicted molar refractivity (Wildman–Crippen MR) is 105 cm³/mol. The van der Waals surface area contributed by atoms with Crippen molar-refractivity contribution < 1.29 is 4.79 Å². The quantitative estimate of drug-likeness (QED) is 0.652. The van der Waals surface area contributed by atoms with Gasteiger partial charge in [-0.2, -0.15) is 0 Å². The lowest BCUT2D eigenvalue weighted by atomic mass is 10.1. The minimum atomic E-state index is -0.0554. The lowest BCUT2D eigenvalue weighted by Gasteiger charge is -2.10. The maximum absolute atomic E-state index is 12.1. The lowest BCUT2D eigenvalue weighted by molar-refractivity contribution is -0.118. The summed E-state index contributed by atoms with van der Waals surface area (Å²) in [6.45, 7) is 4.58. The van der Waals surface area contributed by atoms with Gasteiger partial charge in [-0.25, -0.2) is 0 Å². The van der Waals surface area contributed by atoms with Crippen LogP contribution in [-0.4, -0.2) is 26.4 Å². The molecule has 0 spiro atoms. The SMILES string of the molecule is Cc1ccc(-n2cnnc2SCC(=O)NCc2ccc(Cl)cc2)c(C)c1. The van der Waals surface area contributed by atoms with Gasteiger partial charge in [0.15, 0.2) is 5.16 Å². The number of nitrogens with zero attached hydrogens (tertiary/aromatic N) is 3. The third kappa shape index (κ3) is 4.65. The molecule has 1 aromatic heterocycles. The largest absolute Gasteiger partial charge is 0.351 e. The number of nitrogens with one attached hydrogen (secondary N) is 1. The van der Waals surface area contributed by atoms with Gasteiger partial charge in [-0.1, -0.05) is 53.2 Å². The number of aryl methyl sites for hydroxylation is 2. The van der Waals surface area contributed by atoms with Crippen LogP contribution >= 0.6 is 23.4 Å². The van der Waals surface area contributed by atoms with Crippen LogP contribution in [0.5, 0.6) is 0 Å². The van der Waals surface area contributed by atoms with Crippen molar-refractivity contribution in [3.8, 4) is 5.69 Å². The molecular weight excluding hydrogens is 368 g/mol. The summed E-state index contributed by atoms with van der Waals surface area (Å²) in [6.07, 6.45) is 1.67. The van der Waals surface area contributed by atoms with Crippen LogP contribution in [0.1, 0.15) is 16.7 Å². The molecule has 7 heteroatoms. The smallest absolute Gasteiger partial charge is 0.230 e. The second-order valence-electron chi connectivity index (χ2n) is 5.97. The molecule has 0 fully saturated rings. The summed E-state index contributed by atoms with van der Waals surface area (Å²) in [5.41, 5.74) is 4.37. The maximum atomic E-state index is 12.1. The Kier molecular flexibility index (Phi) is 5.96. The van der Waals surface area contributed by atoms with Crippen molar-refractivity contribution in [2.75, 3.05) is 5.75 Å². The molecule has 26 heavy (non-hydrogen) atoms. The second-order valence-corrected chi connectivity index (χ2v) is 7.34. The summed E-state index contributed by atoms with van der Waals surface area (Å²) < 4.78 is 1.91. The normalized spacial score (nSPS) is 10.7. The van der Waals surface area contributed by atoms with Crippen LogP contribution in [0.4, 0.5) is 0 Å². The maximum Gasteiger partial charge on any atom is 0.230 e. The highest BCUT2D eigenvalue weighted by Crippen LogP contribution is 2.22. The first-order chi connectivity index (χ1) is 12.5. The van der Waals surface area contributed by atoms with Gasteiger partial charge >= 0.3 is 0 Å². The summed E-state index contributed by atoms with van der Waals surface area (Å²) in [5.74, 6) is 0.220. The first kappa shape index (κ1) is 18.5. The number of hydrogen-bond acceptors (Lipinski definition) is 4. The molecule has 0 aliphatic rings. The minimum Gasteiger partial charge on any atom is -0.351 e. The van der Waals surface area contributed by atoms with E-state index in [4.69, 9.17) is 11.6 Å². The van der Waals surface area contributed by atoms with Crippen molar-refractivity contribution in [2.24, 2.45) is 0 Å². The van der Waals surface area contributed by atoms with Gasteiger partial charge in [-0.15, -0.1) is 10.2 Å². The molecule has 0 aliphatic carbocycles. The molecule has 134 valence electrons. The Morgan fingerprint density at radius 2 is 1.96 bits per heavy atom. The van der Waals surface area contributed by atoms with Gasteiger partial charge < -0.3 is 5.32 Å². The molecule has 0 radical (unpaired) electrons. The average Bonchev–Trinajstić information content (AvgIpc) is 3.08. The molecule has 1 N–H and O–H groups in total. The molecular formula is C19H19ClN4OS. The summed E-state index contributed by atoms with van der Waals surface area (Å²) in [4.78, 5) is 12.1. The summed E-state index contributed by atoms with van der Waals surface area (Å²) in [5, 5.41) is 12.4. The molecule has 3 aromatic rings. The number of thioether (sulfide) groups is 1. The fraction of sp³-hybridized carbons (Fsp3) is 0.211. The van der Waals surface area contributed by atoms with Gasteiger partial charge in [-0.05, 0) is 43.2 Å². The van der Waals surface area contributed by atoms with Crippen LogP contribution < -0.4 is 5.32 Å². The van der Waals surface area contributed by atoms with Crippen molar-refractivity contribution in [3.63, 3.8) is 0 Å². The number of aromatic nitrogens is 3. The van der Waals surface area contributed by atoms with E-state index in [2.05, 4.69) is 41.5 Å². The predicted octanol–water partition coefficient (Wildman–Crippen LogP) is 3.95. The van der Waals surface area contributed by atoms with Crippen LogP contribution in [0, 0.1) is 13.8 Å². The van der Waals surface area contributed by atoms with E-state index in [-0.39, 0.29) is 11.7 Å². The van der Waals surface area contributed by atoms with E-state index in [1.807, 2.05) is 34.9 Å². The number of halogens is 1. The molecule has 0 atom stereocenters. The summed E-state index contributed by atoms with van der Waals surface area (Å²) in [6, 6.07) is 13.6. The molecule has 1 amide bonds. The zero-order valence-corrected chi connectivity index (χ0v) is 16.1. The highest BCUT2D eigenvalue weighted by atomic mass is 35.5. The Labute approximate surface area is 161 Å². The Morgan fingerprint density at radius 1 is 1.19 bits per heavy atom. The van der Waals surface area contributed by atoms with Gasteiger partial charge in [0.25, 0.3) is 0 Å². The number of benzene rings is 2. The first-order valence-electron chi connectivity index (χ1n) is 8.14. The fourth-order valence-corrected chi connectivity index (χ4v) is 3.43.